The molecular weight excluding hydrogens is 301 g/mol. The number of pyridine rings is 1. The number of hydrogen-bond acceptors (Lipinski definition) is 3. The van der Waals surface area contributed by atoms with Gasteiger partial charge in [-0.15, -0.1) is 0 Å². The summed E-state index contributed by atoms with van der Waals surface area (Å²) in [5.74, 6) is -0.147. The van der Waals surface area contributed by atoms with Crippen LogP contribution in [0.5, 0.6) is 11.6 Å². The van der Waals surface area contributed by atoms with Gasteiger partial charge in [0, 0.05) is 12.3 Å². The van der Waals surface area contributed by atoms with Gasteiger partial charge in [0.2, 0.25) is 5.88 Å². The number of benzene rings is 1. The number of carbonyl (C=O) groups is 1. The van der Waals surface area contributed by atoms with Crippen molar-refractivity contribution in [2.45, 2.75) is 6.92 Å². The predicted molar refractivity (Wildman–Crippen MR) is 68.4 cm³/mol. The number of Topliss-reactive ketones (excluding diaryl/α,β-unsaturated/α-hetero) is 1. The summed E-state index contributed by atoms with van der Waals surface area (Å²) in [5, 5.41) is 0. The van der Waals surface area contributed by atoms with Crippen LogP contribution in [0, 0.1) is 5.82 Å². The second kappa shape index (κ2) is 5.27. The molecule has 0 saturated heterocycles. The van der Waals surface area contributed by atoms with E-state index in [9.17, 15) is 9.18 Å². The second-order valence-corrected chi connectivity index (χ2v) is 4.44. The molecule has 0 unspecified atom stereocenters. The summed E-state index contributed by atoms with van der Waals surface area (Å²) in [4.78, 5) is 15.4. The molecule has 0 fully saturated rings. The number of carbonyl (C=O) groups excluding carboxylic acids is 1. The Balaban J connectivity index is 2.40. The number of hydrogen-bond donors (Lipinski definition) is 0. The second-order valence-electron chi connectivity index (χ2n) is 3.59. The van der Waals surface area contributed by atoms with Gasteiger partial charge in [0.05, 0.1) is 10.0 Å². The molecular formula is C13H9BrFNO2. The van der Waals surface area contributed by atoms with Crippen LogP contribution in [-0.4, -0.2) is 10.8 Å². The quantitative estimate of drug-likeness (QED) is 0.805. The molecule has 0 spiro atoms. The van der Waals surface area contributed by atoms with Crippen LogP contribution < -0.4 is 4.74 Å². The minimum Gasteiger partial charge on any atom is -0.437 e. The molecule has 0 aliphatic carbocycles. The number of ketones is 1. The molecule has 5 heteroatoms. The van der Waals surface area contributed by atoms with Crippen LogP contribution in [0.2, 0.25) is 0 Å². The SMILES string of the molecule is CC(=O)c1cccnc1Oc1cc(F)ccc1Br. The molecule has 1 aromatic carbocycles. The van der Waals surface area contributed by atoms with Crippen molar-refractivity contribution in [1.82, 2.24) is 4.98 Å². The minimum absolute atomic E-state index is 0.161. The molecule has 0 radical (unpaired) electrons. The Bertz CT molecular complexity index is 601. The summed E-state index contributed by atoms with van der Waals surface area (Å²) in [6, 6.07) is 7.31. The summed E-state index contributed by atoms with van der Waals surface area (Å²) in [5.41, 5.74) is 0.355. The highest BCUT2D eigenvalue weighted by atomic mass is 79.9. The highest BCUT2D eigenvalue weighted by Crippen LogP contribution is 2.30. The van der Waals surface area contributed by atoms with Crippen molar-refractivity contribution in [3.63, 3.8) is 0 Å². The van der Waals surface area contributed by atoms with Gasteiger partial charge in [0.15, 0.2) is 5.78 Å². The number of halogens is 2. The van der Waals surface area contributed by atoms with Crippen molar-refractivity contribution in [3.05, 3.63) is 52.4 Å². The van der Waals surface area contributed by atoms with Crippen molar-refractivity contribution in [2.24, 2.45) is 0 Å². The first kappa shape index (κ1) is 12.7. The maximum atomic E-state index is 13.1. The van der Waals surface area contributed by atoms with Gasteiger partial charge in [-0.25, -0.2) is 9.37 Å². The van der Waals surface area contributed by atoms with Gasteiger partial charge < -0.3 is 4.74 Å². The molecule has 92 valence electrons. The molecule has 0 saturated carbocycles. The molecule has 2 aromatic rings. The molecule has 0 amide bonds. The topological polar surface area (TPSA) is 39.2 Å². The molecule has 0 atom stereocenters. The fourth-order valence-corrected chi connectivity index (χ4v) is 1.73. The predicted octanol–water partition coefficient (Wildman–Crippen LogP) is 3.98. The summed E-state index contributed by atoms with van der Waals surface area (Å²) in [6.45, 7) is 1.42. The zero-order valence-corrected chi connectivity index (χ0v) is 11.1. The fraction of sp³-hybridized carbons (Fsp3) is 0.0769. The number of nitrogens with zero attached hydrogens (tertiary/aromatic N) is 1. The zero-order chi connectivity index (χ0) is 13.1. The summed E-state index contributed by atoms with van der Waals surface area (Å²) >= 11 is 3.25. The first-order valence-corrected chi connectivity index (χ1v) is 5.96. The first-order chi connectivity index (χ1) is 8.58. The van der Waals surface area contributed by atoms with E-state index in [1.807, 2.05) is 0 Å². The van der Waals surface area contributed by atoms with E-state index in [1.165, 1.54) is 31.3 Å². The molecule has 3 nitrogen and oxygen atoms in total. The highest BCUT2D eigenvalue weighted by Gasteiger charge is 2.12. The highest BCUT2D eigenvalue weighted by molar-refractivity contribution is 9.10. The van der Waals surface area contributed by atoms with Crippen molar-refractivity contribution < 1.29 is 13.9 Å². The summed E-state index contributed by atoms with van der Waals surface area (Å²) < 4.78 is 19.2. The van der Waals surface area contributed by atoms with Crippen LogP contribution in [-0.2, 0) is 0 Å². The van der Waals surface area contributed by atoms with Crippen LogP contribution in [0.1, 0.15) is 17.3 Å². The van der Waals surface area contributed by atoms with Gasteiger partial charge in [-0.1, -0.05) is 0 Å². The van der Waals surface area contributed by atoms with E-state index in [2.05, 4.69) is 20.9 Å². The van der Waals surface area contributed by atoms with Crippen molar-refractivity contribution >= 4 is 21.7 Å². The largest absolute Gasteiger partial charge is 0.437 e. The van der Waals surface area contributed by atoms with E-state index in [0.717, 1.165) is 0 Å². The Hall–Kier alpha value is -1.75. The lowest BCUT2D eigenvalue weighted by Gasteiger charge is -2.09. The minimum atomic E-state index is -0.423. The first-order valence-electron chi connectivity index (χ1n) is 5.17. The Morgan fingerprint density at radius 2 is 2.17 bits per heavy atom. The maximum absolute atomic E-state index is 13.1. The smallest absolute Gasteiger partial charge is 0.230 e. The molecule has 0 N–H and O–H groups in total. The third kappa shape index (κ3) is 2.73. The molecule has 0 aliphatic heterocycles. The van der Waals surface area contributed by atoms with Gasteiger partial charge in [0.1, 0.15) is 11.6 Å². The molecule has 0 bridgehead atoms. The average molecular weight is 310 g/mol. The number of aromatic nitrogens is 1. The lowest BCUT2D eigenvalue weighted by molar-refractivity contribution is 0.101. The van der Waals surface area contributed by atoms with E-state index in [4.69, 9.17) is 4.74 Å². The van der Waals surface area contributed by atoms with Crippen molar-refractivity contribution in [1.29, 1.82) is 0 Å². The zero-order valence-electron chi connectivity index (χ0n) is 9.48. The van der Waals surface area contributed by atoms with Crippen LogP contribution in [0.4, 0.5) is 4.39 Å². The Labute approximate surface area is 112 Å². The van der Waals surface area contributed by atoms with Gasteiger partial charge in [-0.3, -0.25) is 4.79 Å². The molecule has 1 aromatic heterocycles. The van der Waals surface area contributed by atoms with Gasteiger partial charge in [0.25, 0.3) is 0 Å². The lowest BCUT2D eigenvalue weighted by Crippen LogP contribution is -1.99. The third-order valence-corrected chi connectivity index (χ3v) is 2.91. The monoisotopic (exact) mass is 309 g/mol. The van der Waals surface area contributed by atoms with E-state index in [1.54, 1.807) is 12.1 Å². The fourth-order valence-electron chi connectivity index (χ4n) is 1.40. The standard InChI is InChI=1S/C13H9BrFNO2/c1-8(17)10-3-2-6-16-13(10)18-12-7-9(15)4-5-11(12)14/h2-7H,1H3. The summed E-state index contributed by atoms with van der Waals surface area (Å²) in [6.07, 6.45) is 1.51. The average Bonchev–Trinajstić information content (AvgIpc) is 2.34. The van der Waals surface area contributed by atoms with E-state index >= 15 is 0 Å². The van der Waals surface area contributed by atoms with Crippen LogP contribution >= 0.6 is 15.9 Å². The Morgan fingerprint density at radius 1 is 1.39 bits per heavy atom. The maximum Gasteiger partial charge on any atom is 0.230 e. The van der Waals surface area contributed by atoms with Gasteiger partial charge >= 0.3 is 0 Å². The van der Waals surface area contributed by atoms with Crippen LogP contribution in [0.15, 0.2) is 41.0 Å². The van der Waals surface area contributed by atoms with E-state index in [-0.39, 0.29) is 17.4 Å². The molecule has 1 heterocycles. The van der Waals surface area contributed by atoms with Gasteiger partial charge in [-0.05, 0) is 47.1 Å². The number of ether oxygens (including phenoxy) is 1. The molecule has 18 heavy (non-hydrogen) atoms. The van der Waals surface area contributed by atoms with Crippen molar-refractivity contribution in [3.8, 4) is 11.6 Å². The summed E-state index contributed by atoms with van der Waals surface area (Å²) in [7, 11) is 0. The number of rotatable bonds is 3. The normalized spacial score (nSPS) is 10.2. The van der Waals surface area contributed by atoms with Crippen LogP contribution in [0.25, 0.3) is 0 Å². The molecule has 2 rings (SSSR count). The Kier molecular flexibility index (Phi) is 3.72. The van der Waals surface area contributed by atoms with E-state index in [0.29, 0.717) is 10.0 Å². The van der Waals surface area contributed by atoms with E-state index < -0.39 is 5.82 Å². The lowest BCUT2D eigenvalue weighted by atomic mass is 10.2. The molecule has 0 aliphatic rings. The Morgan fingerprint density at radius 3 is 2.89 bits per heavy atom. The van der Waals surface area contributed by atoms with Crippen molar-refractivity contribution in [2.75, 3.05) is 0 Å². The third-order valence-electron chi connectivity index (χ3n) is 2.25. The van der Waals surface area contributed by atoms with Gasteiger partial charge in [-0.2, -0.15) is 0 Å². The van der Waals surface area contributed by atoms with Crippen LogP contribution in [0.3, 0.4) is 0 Å².